The van der Waals surface area contributed by atoms with Crippen molar-refractivity contribution in [3.8, 4) is 0 Å². The van der Waals surface area contributed by atoms with E-state index in [0.717, 1.165) is 25.8 Å². The molecule has 5 nitrogen and oxygen atoms in total. The molecular weight excluding hydrogens is 242 g/mol. The average Bonchev–Trinajstić information content (AvgIpc) is 2.81. The Bertz CT molecular complexity index is 372. The van der Waals surface area contributed by atoms with Crippen molar-refractivity contribution in [2.75, 3.05) is 26.7 Å². The van der Waals surface area contributed by atoms with Crippen molar-refractivity contribution in [3.05, 3.63) is 0 Å². The molecule has 3 unspecified atom stereocenters. The molecule has 2 saturated heterocycles. The first-order chi connectivity index (χ1) is 8.98. The molecule has 108 valence electrons. The van der Waals surface area contributed by atoms with Crippen molar-refractivity contribution >= 4 is 11.8 Å². The van der Waals surface area contributed by atoms with E-state index in [9.17, 15) is 9.59 Å². The Morgan fingerprint density at radius 3 is 2.79 bits per heavy atom. The maximum Gasteiger partial charge on any atom is 0.227 e. The number of nitrogens with zero attached hydrogens (tertiary/aromatic N) is 1. The number of likely N-dealkylation sites (tertiary alicyclic amines) is 1. The Hall–Kier alpha value is -1.10. The van der Waals surface area contributed by atoms with Gasteiger partial charge in [-0.25, -0.2) is 0 Å². The van der Waals surface area contributed by atoms with Crippen LogP contribution in [0.4, 0.5) is 0 Å². The first kappa shape index (κ1) is 14.3. The predicted molar refractivity (Wildman–Crippen MR) is 73.6 cm³/mol. The molecule has 0 aromatic rings. The number of rotatable bonds is 2. The number of carbonyl (C=O) groups is 2. The Kier molecular flexibility index (Phi) is 4.13. The second-order valence-corrected chi connectivity index (χ2v) is 6.14. The first-order valence-corrected chi connectivity index (χ1v) is 7.22. The summed E-state index contributed by atoms with van der Waals surface area (Å²) >= 11 is 0. The lowest BCUT2D eigenvalue weighted by molar-refractivity contribution is -0.137. The third-order valence-electron chi connectivity index (χ3n) is 4.64. The number of amides is 2. The van der Waals surface area contributed by atoms with E-state index in [1.165, 1.54) is 0 Å². The van der Waals surface area contributed by atoms with Gasteiger partial charge in [-0.3, -0.25) is 9.59 Å². The molecule has 2 rings (SSSR count). The number of nitrogens with one attached hydrogen (secondary N) is 2. The van der Waals surface area contributed by atoms with Crippen LogP contribution in [0.2, 0.25) is 0 Å². The van der Waals surface area contributed by atoms with Crippen LogP contribution in [0.15, 0.2) is 0 Å². The lowest BCUT2D eigenvalue weighted by atomic mass is 9.88. The topological polar surface area (TPSA) is 61.4 Å². The van der Waals surface area contributed by atoms with E-state index in [0.29, 0.717) is 13.1 Å². The molecule has 2 aliphatic rings. The highest BCUT2D eigenvalue weighted by atomic mass is 16.2. The molecule has 2 N–H and O–H groups in total. The van der Waals surface area contributed by atoms with E-state index in [1.54, 1.807) is 7.05 Å². The van der Waals surface area contributed by atoms with Gasteiger partial charge < -0.3 is 15.5 Å². The molecule has 5 heteroatoms. The zero-order valence-corrected chi connectivity index (χ0v) is 12.2. The first-order valence-electron chi connectivity index (χ1n) is 7.22. The van der Waals surface area contributed by atoms with E-state index in [4.69, 9.17) is 0 Å². The highest BCUT2D eigenvalue weighted by Gasteiger charge is 2.43. The summed E-state index contributed by atoms with van der Waals surface area (Å²) in [5, 5.41) is 6.07. The van der Waals surface area contributed by atoms with Gasteiger partial charge in [-0.15, -0.1) is 0 Å². The summed E-state index contributed by atoms with van der Waals surface area (Å²) in [6.45, 7) is 6.28. The molecular formula is C14H25N3O2. The average molecular weight is 267 g/mol. The highest BCUT2D eigenvalue weighted by molar-refractivity contribution is 5.85. The summed E-state index contributed by atoms with van der Waals surface area (Å²) in [7, 11) is 1.66. The quantitative estimate of drug-likeness (QED) is 0.759. The van der Waals surface area contributed by atoms with Crippen molar-refractivity contribution in [2.24, 2.45) is 11.3 Å². The lowest BCUT2D eigenvalue weighted by Crippen LogP contribution is -2.48. The van der Waals surface area contributed by atoms with Crippen LogP contribution in [-0.2, 0) is 9.59 Å². The largest absolute Gasteiger partial charge is 0.359 e. The van der Waals surface area contributed by atoms with Crippen LogP contribution in [0.5, 0.6) is 0 Å². The minimum Gasteiger partial charge on any atom is -0.359 e. The molecule has 0 saturated carbocycles. The van der Waals surface area contributed by atoms with E-state index in [1.807, 2.05) is 11.8 Å². The fourth-order valence-electron chi connectivity index (χ4n) is 3.25. The van der Waals surface area contributed by atoms with Crippen LogP contribution >= 0.6 is 0 Å². The van der Waals surface area contributed by atoms with Crippen molar-refractivity contribution in [1.82, 2.24) is 15.5 Å². The zero-order valence-electron chi connectivity index (χ0n) is 12.2. The van der Waals surface area contributed by atoms with Gasteiger partial charge >= 0.3 is 0 Å². The number of hydrogen-bond acceptors (Lipinski definition) is 3. The lowest BCUT2D eigenvalue weighted by Gasteiger charge is -2.32. The fourth-order valence-corrected chi connectivity index (χ4v) is 3.25. The molecule has 0 aromatic carbocycles. The molecule has 2 amide bonds. The van der Waals surface area contributed by atoms with Crippen molar-refractivity contribution in [3.63, 3.8) is 0 Å². The SMILES string of the molecule is CNC(=O)C1(C)CCN(C(=O)C2CCCNC2C)C1. The van der Waals surface area contributed by atoms with Gasteiger partial charge in [0.2, 0.25) is 11.8 Å². The summed E-state index contributed by atoms with van der Waals surface area (Å²) in [5.41, 5.74) is -0.421. The van der Waals surface area contributed by atoms with Crippen LogP contribution in [0.3, 0.4) is 0 Å². The van der Waals surface area contributed by atoms with Gasteiger partial charge in [0.15, 0.2) is 0 Å². The molecule has 0 spiro atoms. The van der Waals surface area contributed by atoms with Crippen LogP contribution in [-0.4, -0.2) is 49.4 Å². The van der Waals surface area contributed by atoms with Crippen LogP contribution < -0.4 is 10.6 Å². The fraction of sp³-hybridized carbons (Fsp3) is 0.857. The molecule has 0 bridgehead atoms. The van der Waals surface area contributed by atoms with Gasteiger partial charge in [-0.05, 0) is 39.7 Å². The third kappa shape index (κ3) is 2.76. The van der Waals surface area contributed by atoms with E-state index in [-0.39, 0.29) is 23.8 Å². The van der Waals surface area contributed by atoms with Crippen LogP contribution in [0, 0.1) is 11.3 Å². The van der Waals surface area contributed by atoms with Gasteiger partial charge in [0, 0.05) is 26.2 Å². The highest BCUT2D eigenvalue weighted by Crippen LogP contribution is 2.32. The summed E-state index contributed by atoms with van der Waals surface area (Å²) < 4.78 is 0. The molecule has 0 aromatic heterocycles. The normalized spacial score (nSPS) is 35.2. The van der Waals surface area contributed by atoms with E-state index < -0.39 is 5.41 Å². The summed E-state index contributed by atoms with van der Waals surface area (Å²) in [6.07, 6.45) is 2.77. The number of hydrogen-bond donors (Lipinski definition) is 2. The van der Waals surface area contributed by atoms with Crippen LogP contribution in [0.1, 0.15) is 33.1 Å². The third-order valence-corrected chi connectivity index (χ3v) is 4.64. The summed E-state index contributed by atoms with van der Waals surface area (Å²) in [6, 6.07) is 0.244. The molecule has 2 heterocycles. The Balaban J connectivity index is 2.00. The Morgan fingerprint density at radius 2 is 2.16 bits per heavy atom. The van der Waals surface area contributed by atoms with Crippen molar-refractivity contribution < 1.29 is 9.59 Å². The maximum atomic E-state index is 12.6. The summed E-state index contributed by atoms with van der Waals surface area (Å²) in [4.78, 5) is 26.3. The van der Waals surface area contributed by atoms with Gasteiger partial charge in [0.1, 0.15) is 0 Å². The minimum absolute atomic E-state index is 0.0395. The van der Waals surface area contributed by atoms with Gasteiger partial charge in [0.05, 0.1) is 11.3 Å². The predicted octanol–water partition coefficient (Wildman–Crippen LogP) is 0.359. The van der Waals surface area contributed by atoms with Gasteiger partial charge in [-0.2, -0.15) is 0 Å². The van der Waals surface area contributed by atoms with E-state index in [2.05, 4.69) is 17.6 Å². The van der Waals surface area contributed by atoms with E-state index >= 15 is 0 Å². The second kappa shape index (κ2) is 5.49. The molecule has 3 atom stereocenters. The summed E-state index contributed by atoms with van der Waals surface area (Å²) in [5.74, 6) is 0.325. The van der Waals surface area contributed by atoms with Gasteiger partial charge in [-0.1, -0.05) is 0 Å². The maximum absolute atomic E-state index is 12.6. The molecule has 0 radical (unpaired) electrons. The number of carbonyl (C=O) groups excluding carboxylic acids is 2. The zero-order chi connectivity index (χ0) is 14.0. The Labute approximate surface area is 115 Å². The second-order valence-electron chi connectivity index (χ2n) is 6.14. The molecule has 2 fully saturated rings. The van der Waals surface area contributed by atoms with Gasteiger partial charge in [0.25, 0.3) is 0 Å². The van der Waals surface area contributed by atoms with Crippen molar-refractivity contribution in [1.29, 1.82) is 0 Å². The Morgan fingerprint density at radius 1 is 1.42 bits per heavy atom. The molecule has 0 aliphatic carbocycles. The number of piperidine rings is 1. The molecule has 2 aliphatic heterocycles. The van der Waals surface area contributed by atoms with Crippen LogP contribution in [0.25, 0.3) is 0 Å². The molecule has 19 heavy (non-hydrogen) atoms. The standard InChI is InChI=1S/C14H25N3O2/c1-10-11(5-4-7-16-10)12(18)17-8-6-14(2,9-17)13(19)15-3/h10-11,16H,4-9H2,1-3H3,(H,15,19). The smallest absolute Gasteiger partial charge is 0.227 e. The monoisotopic (exact) mass is 267 g/mol. The van der Waals surface area contributed by atoms with Crippen molar-refractivity contribution in [2.45, 2.75) is 39.2 Å². The minimum atomic E-state index is -0.421.